The minimum atomic E-state index is -0.754. The highest BCUT2D eigenvalue weighted by molar-refractivity contribution is 6.12. The Bertz CT molecular complexity index is 1000. The number of carbonyl (C=O) groups is 3. The first-order chi connectivity index (χ1) is 13.9. The van der Waals surface area contributed by atoms with Gasteiger partial charge < -0.3 is 19.5 Å². The first-order valence-corrected chi connectivity index (χ1v) is 8.31. The zero-order valence-electron chi connectivity index (χ0n) is 16.0. The molecular weight excluding hydrogens is 376 g/mol. The fraction of sp³-hybridized carbons (Fsp3) is 0.143. The molecule has 2 aromatic carbocycles. The van der Waals surface area contributed by atoms with E-state index in [-0.39, 0.29) is 22.4 Å². The van der Waals surface area contributed by atoms with E-state index in [1.165, 1.54) is 45.6 Å². The van der Waals surface area contributed by atoms with Crippen molar-refractivity contribution in [1.29, 1.82) is 5.26 Å². The van der Waals surface area contributed by atoms with Crippen molar-refractivity contribution < 1.29 is 28.6 Å². The Balaban J connectivity index is 2.37. The van der Waals surface area contributed by atoms with Crippen molar-refractivity contribution in [3.05, 3.63) is 64.7 Å². The lowest BCUT2D eigenvalue weighted by molar-refractivity contribution is -0.112. The highest BCUT2D eigenvalue weighted by Gasteiger charge is 2.19. The molecule has 0 saturated heterocycles. The van der Waals surface area contributed by atoms with Crippen molar-refractivity contribution in [2.45, 2.75) is 0 Å². The second-order valence-corrected chi connectivity index (χ2v) is 5.64. The minimum absolute atomic E-state index is 0.0145. The first kappa shape index (κ1) is 21.2. The van der Waals surface area contributed by atoms with Gasteiger partial charge in [-0.15, -0.1) is 0 Å². The number of benzene rings is 2. The Hall–Kier alpha value is -4.12. The van der Waals surface area contributed by atoms with Crippen LogP contribution in [0.15, 0.2) is 48.0 Å². The highest BCUT2D eigenvalue weighted by Crippen LogP contribution is 2.21. The predicted octanol–water partition coefficient (Wildman–Crippen LogP) is 2.81. The Morgan fingerprint density at radius 1 is 0.966 bits per heavy atom. The number of nitriles is 1. The summed E-state index contributed by atoms with van der Waals surface area (Å²) < 4.78 is 14.4. The molecule has 2 rings (SSSR count). The minimum Gasteiger partial charge on any atom is -0.497 e. The number of ether oxygens (including phenoxy) is 3. The third kappa shape index (κ3) is 5.20. The average Bonchev–Trinajstić information content (AvgIpc) is 2.76. The van der Waals surface area contributed by atoms with Crippen LogP contribution in [0.5, 0.6) is 5.75 Å². The van der Waals surface area contributed by atoms with Crippen LogP contribution < -0.4 is 10.1 Å². The molecule has 1 amide bonds. The van der Waals surface area contributed by atoms with Crippen molar-refractivity contribution >= 4 is 29.6 Å². The van der Waals surface area contributed by atoms with Crippen LogP contribution in [0.2, 0.25) is 0 Å². The van der Waals surface area contributed by atoms with Crippen molar-refractivity contribution in [2.24, 2.45) is 0 Å². The molecule has 1 N–H and O–H groups in total. The van der Waals surface area contributed by atoms with Gasteiger partial charge in [0.05, 0.1) is 38.1 Å². The van der Waals surface area contributed by atoms with Gasteiger partial charge in [0.15, 0.2) is 0 Å². The highest BCUT2D eigenvalue weighted by atomic mass is 16.5. The van der Waals surface area contributed by atoms with Crippen molar-refractivity contribution in [3.8, 4) is 11.8 Å². The fourth-order valence-corrected chi connectivity index (χ4v) is 2.39. The topological polar surface area (TPSA) is 115 Å². The molecule has 0 unspecified atom stereocenters. The van der Waals surface area contributed by atoms with E-state index in [2.05, 4.69) is 10.1 Å². The van der Waals surface area contributed by atoms with Crippen LogP contribution in [-0.4, -0.2) is 39.2 Å². The molecule has 0 aliphatic carbocycles. The molecule has 148 valence electrons. The number of anilines is 1. The number of carbonyl (C=O) groups excluding carboxylic acids is 3. The van der Waals surface area contributed by atoms with E-state index in [1.807, 2.05) is 6.07 Å². The van der Waals surface area contributed by atoms with Gasteiger partial charge in [-0.25, -0.2) is 9.59 Å². The van der Waals surface area contributed by atoms with E-state index in [4.69, 9.17) is 9.47 Å². The van der Waals surface area contributed by atoms with E-state index >= 15 is 0 Å². The molecule has 8 nitrogen and oxygen atoms in total. The normalized spacial score (nSPS) is 10.5. The Labute approximate surface area is 167 Å². The maximum absolute atomic E-state index is 12.6. The van der Waals surface area contributed by atoms with Gasteiger partial charge in [0.1, 0.15) is 17.4 Å². The van der Waals surface area contributed by atoms with Crippen LogP contribution in [0.4, 0.5) is 5.69 Å². The van der Waals surface area contributed by atoms with Crippen LogP contribution in [0.1, 0.15) is 26.3 Å². The van der Waals surface area contributed by atoms with Crippen LogP contribution in [0, 0.1) is 11.3 Å². The summed E-state index contributed by atoms with van der Waals surface area (Å²) in [6, 6.07) is 12.5. The van der Waals surface area contributed by atoms with E-state index in [1.54, 1.807) is 24.3 Å². The zero-order valence-corrected chi connectivity index (χ0v) is 16.0. The molecule has 0 fully saturated rings. The number of rotatable bonds is 6. The second-order valence-electron chi connectivity index (χ2n) is 5.64. The Morgan fingerprint density at radius 2 is 1.62 bits per heavy atom. The third-order valence-corrected chi connectivity index (χ3v) is 3.89. The Kier molecular flexibility index (Phi) is 7.09. The lowest BCUT2D eigenvalue weighted by Gasteiger charge is -2.11. The maximum atomic E-state index is 12.6. The molecule has 0 aliphatic heterocycles. The summed E-state index contributed by atoms with van der Waals surface area (Å²) in [7, 11) is 3.92. The largest absolute Gasteiger partial charge is 0.497 e. The molecule has 29 heavy (non-hydrogen) atoms. The van der Waals surface area contributed by atoms with Gasteiger partial charge in [-0.2, -0.15) is 5.26 Å². The van der Waals surface area contributed by atoms with Crippen molar-refractivity contribution in [3.63, 3.8) is 0 Å². The molecule has 0 atom stereocenters. The number of esters is 2. The second kappa shape index (κ2) is 9.71. The number of methoxy groups -OCH3 is 3. The van der Waals surface area contributed by atoms with Gasteiger partial charge in [0, 0.05) is 0 Å². The van der Waals surface area contributed by atoms with Gasteiger partial charge in [0.2, 0.25) is 0 Å². The summed E-state index contributed by atoms with van der Waals surface area (Å²) >= 11 is 0. The van der Waals surface area contributed by atoms with E-state index in [9.17, 15) is 19.6 Å². The number of nitrogens with one attached hydrogen (secondary N) is 1. The standard InChI is InChI=1S/C21H18N2O6/c1-27-16-7-4-13(5-8-16)10-15(12-22)19(24)23-18-11-14(20(25)28-2)6-9-17(18)21(26)29-3/h4-11H,1-3H3,(H,23,24). The van der Waals surface area contributed by atoms with Crippen LogP contribution in [-0.2, 0) is 14.3 Å². The van der Waals surface area contributed by atoms with Gasteiger partial charge >= 0.3 is 11.9 Å². The fourth-order valence-electron chi connectivity index (χ4n) is 2.39. The molecule has 0 radical (unpaired) electrons. The lowest BCUT2D eigenvalue weighted by atomic mass is 10.1. The molecular formula is C21H18N2O6. The average molecular weight is 394 g/mol. The monoisotopic (exact) mass is 394 g/mol. The molecule has 0 heterocycles. The molecule has 0 aromatic heterocycles. The molecule has 8 heteroatoms. The van der Waals surface area contributed by atoms with Gasteiger partial charge in [-0.05, 0) is 42.0 Å². The Morgan fingerprint density at radius 3 is 2.17 bits per heavy atom. The molecule has 0 aliphatic rings. The summed E-state index contributed by atoms with van der Waals surface area (Å²) in [6.07, 6.45) is 1.39. The zero-order chi connectivity index (χ0) is 21.4. The SMILES string of the molecule is COC(=O)c1ccc(C(=O)OC)c(NC(=O)C(C#N)=Cc2ccc(OC)cc2)c1. The predicted molar refractivity (Wildman–Crippen MR) is 104 cm³/mol. The summed E-state index contributed by atoms with van der Waals surface area (Å²) in [5.41, 5.74) is 0.562. The first-order valence-electron chi connectivity index (χ1n) is 8.31. The summed E-state index contributed by atoms with van der Waals surface area (Å²) in [4.78, 5) is 36.3. The number of hydrogen-bond donors (Lipinski definition) is 1. The quantitative estimate of drug-likeness (QED) is 0.455. The number of nitrogens with zero attached hydrogens (tertiary/aromatic N) is 1. The third-order valence-electron chi connectivity index (χ3n) is 3.89. The molecule has 2 aromatic rings. The molecule has 0 bridgehead atoms. The van der Waals surface area contributed by atoms with E-state index in [0.717, 1.165) is 0 Å². The van der Waals surface area contributed by atoms with Gasteiger partial charge in [0.25, 0.3) is 5.91 Å². The summed E-state index contributed by atoms with van der Waals surface area (Å²) in [5.74, 6) is -1.48. The van der Waals surface area contributed by atoms with Gasteiger partial charge in [-0.1, -0.05) is 12.1 Å². The van der Waals surface area contributed by atoms with E-state index in [0.29, 0.717) is 11.3 Å². The van der Waals surface area contributed by atoms with Crippen LogP contribution >= 0.6 is 0 Å². The van der Waals surface area contributed by atoms with E-state index < -0.39 is 17.8 Å². The summed E-state index contributed by atoms with van der Waals surface area (Å²) in [5, 5.41) is 11.8. The molecule has 0 spiro atoms. The van der Waals surface area contributed by atoms with Crippen LogP contribution in [0.3, 0.4) is 0 Å². The molecule has 0 saturated carbocycles. The van der Waals surface area contributed by atoms with Gasteiger partial charge in [-0.3, -0.25) is 4.79 Å². The smallest absolute Gasteiger partial charge is 0.339 e. The van der Waals surface area contributed by atoms with Crippen molar-refractivity contribution in [2.75, 3.05) is 26.6 Å². The number of amides is 1. The van der Waals surface area contributed by atoms with Crippen LogP contribution in [0.25, 0.3) is 6.08 Å². The lowest BCUT2D eigenvalue weighted by Crippen LogP contribution is -2.17. The maximum Gasteiger partial charge on any atom is 0.339 e. The number of hydrogen-bond acceptors (Lipinski definition) is 7. The summed E-state index contributed by atoms with van der Waals surface area (Å²) in [6.45, 7) is 0. The van der Waals surface area contributed by atoms with Crippen molar-refractivity contribution in [1.82, 2.24) is 0 Å².